The molecule has 11 rings (SSSR count). The largest absolute Gasteiger partial charge is 0.372 e. The van der Waals surface area contributed by atoms with Crippen molar-refractivity contribution in [2.45, 2.75) is 38.5 Å². The lowest BCUT2D eigenvalue weighted by Gasteiger charge is -2.30. The normalized spacial score (nSPS) is 15.5. The molecular weight excluding hydrogens is 677 g/mol. The van der Waals surface area contributed by atoms with Gasteiger partial charge in [-0.1, -0.05) is 110 Å². The summed E-state index contributed by atoms with van der Waals surface area (Å²) >= 11 is 0. The second-order valence-electron chi connectivity index (χ2n) is 16.2. The van der Waals surface area contributed by atoms with E-state index >= 15 is 0 Å². The lowest BCUT2D eigenvalue weighted by Crippen LogP contribution is -2.29. The highest BCUT2D eigenvalue weighted by molar-refractivity contribution is 6.23. The Morgan fingerprint density at radius 3 is 1.45 bits per heavy atom. The summed E-state index contributed by atoms with van der Waals surface area (Å²) in [6.45, 7) is 9.21. The van der Waals surface area contributed by atoms with Crippen LogP contribution in [0.1, 0.15) is 49.7 Å². The van der Waals surface area contributed by atoms with Crippen LogP contribution in [0.4, 0.5) is 11.4 Å². The van der Waals surface area contributed by atoms with Gasteiger partial charge < -0.3 is 9.80 Å². The minimum absolute atomic E-state index is 1.11. The van der Waals surface area contributed by atoms with Gasteiger partial charge in [0.2, 0.25) is 0 Å². The highest BCUT2D eigenvalue weighted by atomic mass is 15.1. The number of nitrogens with zero attached hydrogens (tertiary/aromatic N) is 2. The van der Waals surface area contributed by atoms with E-state index in [9.17, 15) is 0 Å². The van der Waals surface area contributed by atoms with Crippen molar-refractivity contribution in [3.05, 3.63) is 163 Å². The van der Waals surface area contributed by atoms with E-state index in [1.165, 1.54) is 138 Å². The lowest BCUT2D eigenvalue weighted by molar-refractivity contribution is 0.578. The van der Waals surface area contributed by atoms with E-state index in [4.69, 9.17) is 6.58 Å². The third-order valence-electron chi connectivity index (χ3n) is 12.9. The van der Waals surface area contributed by atoms with Crippen LogP contribution in [0.15, 0.2) is 152 Å². The highest BCUT2D eigenvalue weighted by Gasteiger charge is 2.26. The molecule has 2 fully saturated rings. The van der Waals surface area contributed by atoms with E-state index in [1.54, 1.807) is 0 Å². The topological polar surface area (TPSA) is 6.48 Å². The fraction of sp³-hybridized carbons (Fsp3) is 0.185. The molecule has 56 heavy (non-hydrogen) atoms. The summed E-state index contributed by atoms with van der Waals surface area (Å²) < 4.78 is 0. The zero-order chi connectivity index (χ0) is 37.2. The van der Waals surface area contributed by atoms with Gasteiger partial charge in [-0.25, -0.2) is 0 Å². The van der Waals surface area contributed by atoms with Gasteiger partial charge in [0.15, 0.2) is 0 Å². The average molecular weight is 723 g/mol. The number of benzene rings is 8. The van der Waals surface area contributed by atoms with Crippen LogP contribution < -0.4 is 9.80 Å². The maximum Gasteiger partial charge on any atom is 0.0372 e. The molecule has 2 heterocycles. The number of hydrogen-bond donors (Lipinski definition) is 0. The Hall–Kier alpha value is -6.12. The highest BCUT2D eigenvalue weighted by Crippen LogP contribution is 2.50. The van der Waals surface area contributed by atoms with Crippen molar-refractivity contribution < 1.29 is 0 Å². The minimum Gasteiger partial charge on any atom is -0.372 e. The van der Waals surface area contributed by atoms with Gasteiger partial charge in [-0.15, -0.1) is 0 Å². The van der Waals surface area contributed by atoms with E-state index in [0.717, 1.165) is 31.8 Å². The first kappa shape index (κ1) is 33.2. The summed E-state index contributed by atoms with van der Waals surface area (Å²) in [4.78, 5) is 5.22. The van der Waals surface area contributed by atoms with Crippen LogP contribution in [0.5, 0.6) is 0 Å². The van der Waals surface area contributed by atoms with E-state index < -0.39 is 0 Å². The first-order chi connectivity index (χ1) is 27.7. The van der Waals surface area contributed by atoms with E-state index in [0.29, 0.717) is 0 Å². The molecule has 0 spiro atoms. The number of fused-ring (bicyclic) bond motifs is 6. The predicted octanol–water partition coefficient (Wildman–Crippen LogP) is 14.2. The van der Waals surface area contributed by atoms with Gasteiger partial charge in [0.25, 0.3) is 0 Å². The molecule has 0 amide bonds. The molecular formula is C54H46N2. The quantitative estimate of drug-likeness (QED) is 0.163. The van der Waals surface area contributed by atoms with E-state index in [1.807, 2.05) is 0 Å². The molecule has 0 saturated carbocycles. The summed E-state index contributed by atoms with van der Waals surface area (Å²) in [5, 5.41) is 7.82. The van der Waals surface area contributed by atoms with Gasteiger partial charge in [-0.3, -0.25) is 0 Å². The molecule has 272 valence electrons. The Bertz CT molecular complexity index is 2830. The van der Waals surface area contributed by atoms with Gasteiger partial charge >= 0.3 is 0 Å². The number of piperidine rings is 2. The lowest BCUT2D eigenvalue weighted by atomic mass is 9.84. The molecule has 0 N–H and O–H groups in total. The number of rotatable bonds is 5. The smallest absolute Gasteiger partial charge is 0.0372 e. The molecule has 3 aliphatic rings. The maximum absolute atomic E-state index is 4.74. The molecule has 8 aromatic rings. The summed E-state index contributed by atoms with van der Waals surface area (Å²) in [6, 6.07) is 55.3. The molecule has 0 bridgehead atoms. The second kappa shape index (κ2) is 13.6. The number of hydrogen-bond acceptors (Lipinski definition) is 2. The average Bonchev–Trinajstić information content (AvgIpc) is 3.55. The molecule has 2 nitrogen and oxygen atoms in total. The summed E-state index contributed by atoms with van der Waals surface area (Å²) in [6.07, 6.45) is 7.66. The second-order valence-corrected chi connectivity index (χ2v) is 16.2. The van der Waals surface area contributed by atoms with E-state index in [2.05, 4.69) is 155 Å². The van der Waals surface area contributed by atoms with Gasteiger partial charge in [0, 0.05) is 37.6 Å². The maximum atomic E-state index is 4.74. The molecule has 2 aliphatic heterocycles. The van der Waals surface area contributed by atoms with Crippen LogP contribution >= 0.6 is 0 Å². The van der Waals surface area contributed by atoms with Crippen LogP contribution in [-0.2, 0) is 0 Å². The van der Waals surface area contributed by atoms with Crippen molar-refractivity contribution >= 4 is 49.3 Å². The van der Waals surface area contributed by atoms with Crippen molar-refractivity contribution in [3.8, 4) is 44.5 Å². The fourth-order valence-corrected chi connectivity index (χ4v) is 10.0. The van der Waals surface area contributed by atoms with Crippen LogP contribution in [0.3, 0.4) is 0 Å². The molecule has 2 heteroatoms. The van der Waals surface area contributed by atoms with Crippen molar-refractivity contribution in [1.82, 2.24) is 0 Å². The third kappa shape index (κ3) is 5.54. The minimum atomic E-state index is 1.11. The van der Waals surface area contributed by atoms with Crippen molar-refractivity contribution in [3.63, 3.8) is 0 Å². The molecule has 0 aromatic heterocycles. The van der Waals surface area contributed by atoms with Gasteiger partial charge in [0.05, 0.1) is 0 Å². The molecule has 1 aliphatic carbocycles. The third-order valence-corrected chi connectivity index (χ3v) is 12.9. The Morgan fingerprint density at radius 2 is 0.839 bits per heavy atom. The van der Waals surface area contributed by atoms with Crippen molar-refractivity contribution in [1.29, 1.82) is 0 Å². The fourth-order valence-electron chi connectivity index (χ4n) is 10.0. The Morgan fingerprint density at radius 1 is 0.339 bits per heavy atom. The monoisotopic (exact) mass is 722 g/mol. The van der Waals surface area contributed by atoms with Crippen LogP contribution in [0.2, 0.25) is 0 Å². The van der Waals surface area contributed by atoms with Gasteiger partial charge in [-0.05, 0) is 175 Å². The number of anilines is 2. The Labute approximate surface area is 330 Å². The zero-order valence-electron chi connectivity index (χ0n) is 32.0. The zero-order valence-corrected chi connectivity index (χ0v) is 32.0. The van der Waals surface area contributed by atoms with E-state index in [-0.39, 0.29) is 0 Å². The van der Waals surface area contributed by atoms with Crippen LogP contribution in [0, 0.1) is 0 Å². The molecule has 0 radical (unpaired) electrons. The standard InChI is InChI=1S/C54H46N2/c1-36-49-32-40(37-13-5-2-6-14-37)19-23-45(49)46-24-20-42(33-50(36)46)54-48-26-22-43(55-27-9-3-10-28-55)34-51(48)53(41-18-17-38-15-7-8-16-39(38)31-41)47-25-21-44(35-52(47)54)56-29-11-4-12-30-56/h2,5-8,13-26,31-35H,1,3-4,9-12,27-30H2. The molecule has 0 atom stereocenters. The molecule has 8 aromatic carbocycles. The predicted molar refractivity (Wildman–Crippen MR) is 241 cm³/mol. The SMILES string of the molecule is C=C1c2cc(-c3ccccc3)ccc2-c2ccc(-c3c4ccc(N5CCCCC5)cc4c(-c4ccc5ccccc5c4)c4ccc(N5CCCCC5)cc34)cc21. The Balaban J connectivity index is 1.16. The summed E-state index contributed by atoms with van der Waals surface area (Å²) in [5.41, 5.74) is 16.4. The molecule has 0 unspecified atom stereocenters. The first-order valence-electron chi connectivity index (χ1n) is 20.7. The molecule has 2 saturated heterocycles. The summed E-state index contributed by atoms with van der Waals surface area (Å²) in [5.74, 6) is 0. The Kier molecular flexibility index (Phi) is 8.05. The first-order valence-corrected chi connectivity index (χ1v) is 20.7. The van der Waals surface area contributed by atoms with Crippen molar-refractivity contribution in [2.24, 2.45) is 0 Å². The van der Waals surface area contributed by atoms with Crippen molar-refractivity contribution in [2.75, 3.05) is 36.0 Å². The summed E-state index contributed by atoms with van der Waals surface area (Å²) in [7, 11) is 0. The van der Waals surface area contributed by atoms with Gasteiger partial charge in [0.1, 0.15) is 0 Å². The van der Waals surface area contributed by atoms with Gasteiger partial charge in [-0.2, -0.15) is 0 Å². The van der Waals surface area contributed by atoms with Crippen LogP contribution in [-0.4, -0.2) is 26.2 Å². The van der Waals surface area contributed by atoms with Crippen LogP contribution in [0.25, 0.3) is 82.4 Å².